The van der Waals surface area contributed by atoms with Gasteiger partial charge < -0.3 is 19.3 Å². The number of benzene rings is 1. The van der Waals surface area contributed by atoms with E-state index in [-0.39, 0.29) is 46.5 Å². The smallest absolute Gasteiger partial charge is 0.422 e. The lowest BCUT2D eigenvalue weighted by atomic mass is 10.00. The first-order valence-corrected chi connectivity index (χ1v) is 11.4. The summed E-state index contributed by atoms with van der Waals surface area (Å²) in [4.78, 5) is 36.8. The molecule has 13 heteroatoms. The summed E-state index contributed by atoms with van der Waals surface area (Å²) >= 11 is 0. The van der Waals surface area contributed by atoms with Gasteiger partial charge in [-0.1, -0.05) is 0 Å². The number of nitrogens with zero attached hydrogens (tertiary/aromatic N) is 4. The maximum Gasteiger partial charge on any atom is 0.422 e. The van der Waals surface area contributed by atoms with Crippen molar-refractivity contribution in [2.24, 2.45) is 0 Å². The van der Waals surface area contributed by atoms with E-state index >= 15 is 0 Å². The molecule has 0 saturated carbocycles. The molecular weight excluding hydrogens is 515 g/mol. The molecule has 5 rings (SSSR count). The standard InChI is InChI=1S/C25H19F5N4O4/c26-24(27)38-20-5-3-15(11-32-20)34-12-18-16(23(34)36)6-7-31-21(18)17-4-2-14(22(35)33-8-1-9-33)10-19(17)37-13-25(28,29)30/h2-7,10-11,24H,1,8-9,12-13H2. The monoisotopic (exact) mass is 534 g/mol. The van der Waals surface area contributed by atoms with Crippen LogP contribution in [-0.2, 0) is 6.54 Å². The average molecular weight is 534 g/mol. The minimum Gasteiger partial charge on any atom is -0.483 e. The lowest BCUT2D eigenvalue weighted by Gasteiger charge is -2.31. The molecule has 1 aromatic carbocycles. The van der Waals surface area contributed by atoms with E-state index in [0.717, 1.165) is 6.42 Å². The third kappa shape index (κ3) is 5.08. The van der Waals surface area contributed by atoms with Crippen molar-refractivity contribution in [1.82, 2.24) is 14.9 Å². The highest BCUT2D eigenvalue weighted by Crippen LogP contribution is 2.38. The van der Waals surface area contributed by atoms with Crippen molar-refractivity contribution in [3.8, 4) is 22.9 Å². The Morgan fingerprint density at radius 3 is 2.47 bits per heavy atom. The first-order valence-electron chi connectivity index (χ1n) is 11.4. The molecule has 4 heterocycles. The van der Waals surface area contributed by atoms with Gasteiger partial charge in [-0.2, -0.15) is 22.0 Å². The van der Waals surface area contributed by atoms with Crippen LogP contribution in [0.5, 0.6) is 11.6 Å². The fourth-order valence-electron chi connectivity index (χ4n) is 4.19. The molecule has 38 heavy (non-hydrogen) atoms. The molecular formula is C25H19F5N4O4. The molecule has 0 N–H and O–H groups in total. The summed E-state index contributed by atoms with van der Waals surface area (Å²) in [5, 5.41) is 0. The molecule has 0 unspecified atom stereocenters. The number of anilines is 1. The van der Waals surface area contributed by atoms with Gasteiger partial charge in [-0.3, -0.25) is 14.6 Å². The highest BCUT2D eigenvalue weighted by molar-refractivity contribution is 6.11. The van der Waals surface area contributed by atoms with Gasteiger partial charge in [0.25, 0.3) is 11.8 Å². The summed E-state index contributed by atoms with van der Waals surface area (Å²) < 4.78 is 73.2. The van der Waals surface area contributed by atoms with Crippen LogP contribution < -0.4 is 14.4 Å². The normalized spacial score (nSPS) is 14.9. The summed E-state index contributed by atoms with van der Waals surface area (Å²) in [5.41, 5.74) is 1.54. The van der Waals surface area contributed by atoms with Gasteiger partial charge in [0, 0.05) is 47.6 Å². The van der Waals surface area contributed by atoms with Crippen LogP contribution in [0, 0.1) is 0 Å². The predicted octanol–water partition coefficient (Wildman–Crippen LogP) is 4.69. The number of carbonyl (C=O) groups is 2. The number of aromatic nitrogens is 2. The number of carbonyl (C=O) groups excluding carboxylic acids is 2. The minimum atomic E-state index is -4.62. The van der Waals surface area contributed by atoms with Crippen LogP contribution in [0.3, 0.4) is 0 Å². The number of ether oxygens (including phenoxy) is 2. The van der Waals surface area contributed by atoms with Crippen LogP contribution in [0.4, 0.5) is 27.6 Å². The van der Waals surface area contributed by atoms with Gasteiger partial charge in [-0.15, -0.1) is 0 Å². The van der Waals surface area contributed by atoms with E-state index in [0.29, 0.717) is 24.3 Å². The SMILES string of the molecule is O=C(c1ccc(-c2nccc3c2CN(c2ccc(OC(F)F)nc2)C3=O)c(OCC(F)(F)F)c1)N1CCC1. The second-order valence-electron chi connectivity index (χ2n) is 8.57. The van der Waals surface area contributed by atoms with Gasteiger partial charge in [0.05, 0.1) is 24.1 Å². The molecule has 0 bridgehead atoms. The molecule has 2 aliphatic heterocycles. The molecule has 8 nitrogen and oxygen atoms in total. The summed E-state index contributed by atoms with van der Waals surface area (Å²) in [6.45, 7) is -3.52. The summed E-state index contributed by atoms with van der Waals surface area (Å²) in [6, 6.07) is 8.23. The number of rotatable bonds is 7. The van der Waals surface area contributed by atoms with Crippen molar-refractivity contribution < 1.29 is 41.0 Å². The van der Waals surface area contributed by atoms with Crippen molar-refractivity contribution in [3.63, 3.8) is 0 Å². The van der Waals surface area contributed by atoms with Crippen molar-refractivity contribution in [2.75, 3.05) is 24.6 Å². The number of likely N-dealkylation sites (tertiary alicyclic amines) is 1. The number of fused-ring (bicyclic) bond motifs is 1. The zero-order chi connectivity index (χ0) is 27.0. The Labute approximate surface area is 212 Å². The van der Waals surface area contributed by atoms with Gasteiger partial charge in [0.1, 0.15) is 5.75 Å². The molecule has 3 aromatic rings. The van der Waals surface area contributed by atoms with Gasteiger partial charge in [-0.05, 0) is 36.8 Å². The third-order valence-corrected chi connectivity index (χ3v) is 6.11. The average Bonchev–Trinajstić information content (AvgIpc) is 3.18. The largest absolute Gasteiger partial charge is 0.483 e. The van der Waals surface area contributed by atoms with E-state index < -0.39 is 25.3 Å². The summed E-state index contributed by atoms with van der Waals surface area (Å²) in [5.74, 6) is -1.28. The predicted molar refractivity (Wildman–Crippen MR) is 123 cm³/mol. The second-order valence-corrected chi connectivity index (χ2v) is 8.57. The summed E-state index contributed by atoms with van der Waals surface area (Å²) in [6.07, 6.45) is -1.23. The minimum absolute atomic E-state index is 0.0127. The molecule has 2 aliphatic rings. The Morgan fingerprint density at radius 2 is 1.84 bits per heavy atom. The number of pyridine rings is 2. The van der Waals surface area contributed by atoms with Gasteiger partial charge in [-0.25, -0.2) is 4.98 Å². The zero-order valence-electron chi connectivity index (χ0n) is 19.5. The first kappa shape index (κ1) is 25.4. The Kier molecular flexibility index (Phi) is 6.59. The van der Waals surface area contributed by atoms with Crippen LogP contribution in [0.1, 0.15) is 32.7 Å². The maximum atomic E-state index is 13.1. The zero-order valence-corrected chi connectivity index (χ0v) is 19.5. The van der Waals surface area contributed by atoms with E-state index in [4.69, 9.17) is 4.74 Å². The molecule has 198 valence electrons. The van der Waals surface area contributed by atoms with E-state index in [2.05, 4.69) is 14.7 Å². The lowest BCUT2D eigenvalue weighted by molar-refractivity contribution is -0.153. The van der Waals surface area contributed by atoms with Crippen LogP contribution in [0.25, 0.3) is 11.3 Å². The topological polar surface area (TPSA) is 84.9 Å². The quantitative estimate of drug-likeness (QED) is 0.409. The number of hydrogen-bond acceptors (Lipinski definition) is 6. The van der Waals surface area contributed by atoms with Crippen LogP contribution in [0.15, 0.2) is 48.8 Å². The molecule has 0 aliphatic carbocycles. The highest BCUT2D eigenvalue weighted by Gasteiger charge is 2.34. The van der Waals surface area contributed by atoms with Gasteiger partial charge in [0.2, 0.25) is 5.88 Å². The second kappa shape index (κ2) is 9.88. The lowest BCUT2D eigenvalue weighted by Crippen LogP contribution is -2.42. The van der Waals surface area contributed by atoms with E-state index in [1.165, 1.54) is 53.7 Å². The number of amides is 2. The maximum absolute atomic E-state index is 13.1. The Hall–Kier alpha value is -4.29. The Balaban J connectivity index is 1.49. The van der Waals surface area contributed by atoms with Gasteiger partial charge >= 0.3 is 12.8 Å². The van der Waals surface area contributed by atoms with Crippen molar-refractivity contribution >= 4 is 17.5 Å². The summed E-state index contributed by atoms with van der Waals surface area (Å²) in [7, 11) is 0. The van der Waals surface area contributed by atoms with Crippen molar-refractivity contribution in [3.05, 3.63) is 65.5 Å². The van der Waals surface area contributed by atoms with Gasteiger partial charge in [0.15, 0.2) is 6.61 Å². The molecule has 0 atom stereocenters. The fourth-order valence-corrected chi connectivity index (χ4v) is 4.19. The molecule has 1 saturated heterocycles. The van der Waals surface area contributed by atoms with Crippen molar-refractivity contribution in [2.45, 2.75) is 25.8 Å². The van der Waals surface area contributed by atoms with Crippen LogP contribution in [-0.4, -0.2) is 59.2 Å². The molecule has 2 amide bonds. The molecule has 1 fully saturated rings. The van der Waals surface area contributed by atoms with E-state index in [1.54, 1.807) is 4.90 Å². The van der Waals surface area contributed by atoms with Crippen molar-refractivity contribution in [1.29, 1.82) is 0 Å². The van der Waals surface area contributed by atoms with Crippen LogP contribution in [0.2, 0.25) is 0 Å². The first-order chi connectivity index (χ1) is 18.1. The highest BCUT2D eigenvalue weighted by atomic mass is 19.4. The number of halogens is 5. The Bertz CT molecular complexity index is 1380. The third-order valence-electron chi connectivity index (χ3n) is 6.11. The molecule has 0 spiro atoms. The Morgan fingerprint density at radius 1 is 1.05 bits per heavy atom. The van der Waals surface area contributed by atoms with E-state index in [9.17, 15) is 31.5 Å². The molecule has 0 radical (unpaired) electrons. The van der Waals surface area contributed by atoms with Crippen LogP contribution >= 0.6 is 0 Å². The van der Waals surface area contributed by atoms with E-state index in [1.807, 2.05) is 0 Å². The fraction of sp³-hybridized carbons (Fsp3) is 0.280. The number of hydrogen-bond donors (Lipinski definition) is 0. The molecule has 2 aromatic heterocycles. The number of alkyl halides is 5.